The lowest BCUT2D eigenvalue weighted by atomic mass is 10.0. The summed E-state index contributed by atoms with van der Waals surface area (Å²) in [7, 11) is 1.06. The maximum absolute atomic E-state index is 12.6. The van der Waals surface area contributed by atoms with Gasteiger partial charge in [0.1, 0.15) is 6.07 Å². The molecule has 1 rings (SSSR count). The highest BCUT2D eigenvalue weighted by molar-refractivity contribution is 5.74. The number of rotatable bonds is 2. The molecule has 0 atom stereocenters. The standard InChI is InChI=1S/C10H7F3N2O2/c1-17-9(16)2-7-6(3-14)4-15-5-8(7)10(11,12)13/h4-5H,2H2,1H3. The SMILES string of the molecule is COC(=O)Cc1c(C#N)cncc1C(F)(F)F. The van der Waals surface area contributed by atoms with Crippen LogP contribution < -0.4 is 0 Å². The van der Waals surface area contributed by atoms with E-state index in [4.69, 9.17) is 5.26 Å². The van der Waals surface area contributed by atoms with Gasteiger partial charge in [-0.1, -0.05) is 0 Å². The Hall–Kier alpha value is -2.10. The van der Waals surface area contributed by atoms with E-state index in [0.29, 0.717) is 6.20 Å². The van der Waals surface area contributed by atoms with Crippen molar-refractivity contribution in [1.82, 2.24) is 4.98 Å². The van der Waals surface area contributed by atoms with Crippen LogP contribution in [0.2, 0.25) is 0 Å². The number of carbonyl (C=O) groups excluding carboxylic acids is 1. The van der Waals surface area contributed by atoms with Crippen molar-refractivity contribution in [2.24, 2.45) is 0 Å². The summed E-state index contributed by atoms with van der Waals surface area (Å²) in [6.45, 7) is 0. The Morgan fingerprint density at radius 3 is 2.65 bits per heavy atom. The van der Waals surface area contributed by atoms with E-state index in [9.17, 15) is 18.0 Å². The molecule has 0 saturated carbocycles. The van der Waals surface area contributed by atoms with Gasteiger partial charge in [-0.05, 0) is 5.56 Å². The van der Waals surface area contributed by atoms with Crippen LogP contribution in [0.5, 0.6) is 0 Å². The van der Waals surface area contributed by atoms with Crippen LogP contribution in [0, 0.1) is 11.3 Å². The Morgan fingerprint density at radius 2 is 2.18 bits per heavy atom. The molecule has 0 aliphatic heterocycles. The summed E-state index contributed by atoms with van der Waals surface area (Å²) >= 11 is 0. The third-order valence-corrected chi connectivity index (χ3v) is 2.03. The third kappa shape index (κ3) is 2.93. The fourth-order valence-electron chi connectivity index (χ4n) is 1.23. The Morgan fingerprint density at radius 1 is 1.53 bits per heavy atom. The Bertz CT molecular complexity index is 477. The van der Waals surface area contributed by atoms with Crippen LogP contribution in [0.25, 0.3) is 0 Å². The second-order valence-electron chi connectivity index (χ2n) is 3.08. The van der Waals surface area contributed by atoms with Crippen molar-refractivity contribution in [1.29, 1.82) is 5.26 Å². The summed E-state index contributed by atoms with van der Waals surface area (Å²) in [6.07, 6.45) is -3.72. The van der Waals surface area contributed by atoms with E-state index in [1.54, 1.807) is 6.07 Å². The average Bonchev–Trinajstić information content (AvgIpc) is 2.27. The first kappa shape index (κ1) is 13.0. The van der Waals surface area contributed by atoms with Crippen LogP contribution in [0.3, 0.4) is 0 Å². The summed E-state index contributed by atoms with van der Waals surface area (Å²) < 4.78 is 42.1. The Kier molecular flexibility index (Phi) is 3.68. The maximum atomic E-state index is 12.6. The molecule has 17 heavy (non-hydrogen) atoms. The van der Waals surface area contributed by atoms with Gasteiger partial charge in [-0.3, -0.25) is 9.78 Å². The number of hydrogen-bond donors (Lipinski definition) is 0. The molecule has 0 aromatic carbocycles. The summed E-state index contributed by atoms with van der Waals surface area (Å²) in [6, 6.07) is 1.57. The molecule has 0 bridgehead atoms. The van der Waals surface area contributed by atoms with Gasteiger partial charge in [-0.25, -0.2) is 0 Å². The monoisotopic (exact) mass is 244 g/mol. The molecule has 7 heteroatoms. The molecule has 0 spiro atoms. The van der Waals surface area contributed by atoms with Gasteiger partial charge in [0.2, 0.25) is 0 Å². The van der Waals surface area contributed by atoms with Crippen LogP contribution in [0.1, 0.15) is 16.7 Å². The predicted octanol–water partition coefficient (Wildman–Crippen LogP) is 1.69. The number of nitrogens with zero attached hydrogens (tertiary/aromatic N) is 2. The number of esters is 1. The van der Waals surface area contributed by atoms with Crippen molar-refractivity contribution in [3.05, 3.63) is 29.1 Å². The highest BCUT2D eigenvalue weighted by Gasteiger charge is 2.35. The Balaban J connectivity index is 3.32. The van der Waals surface area contributed by atoms with Gasteiger partial charge in [-0.2, -0.15) is 18.4 Å². The van der Waals surface area contributed by atoms with Gasteiger partial charge in [0.25, 0.3) is 0 Å². The molecular weight excluding hydrogens is 237 g/mol. The highest BCUT2D eigenvalue weighted by atomic mass is 19.4. The normalized spacial score (nSPS) is 10.8. The van der Waals surface area contributed by atoms with Crippen molar-refractivity contribution in [3.63, 3.8) is 0 Å². The molecule has 0 fully saturated rings. The number of carbonyl (C=O) groups is 1. The van der Waals surface area contributed by atoms with Crippen molar-refractivity contribution in [2.45, 2.75) is 12.6 Å². The van der Waals surface area contributed by atoms with E-state index in [0.717, 1.165) is 13.3 Å². The molecule has 0 saturated heterocycles. The number of halogens is 3. The van der Waals surface area contributed by atoms with Gasteiger partial charge >= 0.3 is 12.1 Å². The quantitative estimate of drug-likeness (QED) is 0.742. The molecule has 1 aromatic heterocycles. The zero-order chi connectivity index (χ0) is 13.1. The smallest absolute Gasteiger partial charge is 0.418 e. The molecule has 0 aliphatic rings. The highest BCUT2D eigenvalue weighted by Crippen LogP contribution is 2.32. The third-order valence-electron chi connectivity index (χ3n) is 2.03. The van der Waals surface area contributed by atoms with Gasteiger partial charge in [0, 0.05) is 12.4 Å². The molecule has 0 unspecified atom stereocenters. The number of nitriles is 1. The van der Waals surface area contributed by atoms with Crippen molar-refractivity contribution in [2.75, 3.05) is 7.11 Å². The van der Waals surface area contributed by atoms with E-state index < -0.39 is 29.7 Å². The molecule has 90 valence electrons. The average molecular weight is 244 g/mol. The van der Waals surface area contributed by atoms with Crippen LogP contribution in [-0.4, -0.2) is 18.1 Å². The van der Waals surface area contributed by atoms with Crippen molar-refractivity contribution in [3.8, 4) is 6.07 Å². The molecule has 1 heterocycles. The van der Waals surface area contributed by atoms with Crippen molar-refractivity contribution >= 4 is 5.97 Å². The fourth-order valence-corrected chi connectivity index (χ4v) is 1.23. The summed E-state index contributed by atoms with van der Waals surface area (Å²) in [5.41, 5.74) is -1.80. The van der Waals surface area contributed by atoms with E-state index in [1.807, 2.05) is 0 Å². The largest absolute Gasteiger partial charge is 0.469 e. The minimum atomic E-state index is -4.66. The lowest BCUT2D eigenvalue weighted by Gasteiger charge is -2.12. The van der Waals surface area contributed by atoms with E-state index in [1.165, 1.54) is 0 Å². The maximum Gasteiger partial charge on any atom is 0.418 e. The number of aromatic nitrogens is 1. The molecule has 0 N–H and O–H groups in total. The fraction of sp³-hybridized carbons (Fsp3) is 0.300. The summed E-state index contributed by atoms with van der Waals surface area (Å²) in [4.78, 5) is 14.3. The van der Waals surface area contributed by atoms with Gasteiger partial charge in [-0.15, -0.1) is 0 Å². The minimum absolute atomic E-state index is 0.287. The number of hydrogen-bond acceptors (Lipinski definition) is 4. The first-order chi connectivity index (χ1) is 7.90. The van der Waals surface area contributed by atoms with Crippen LogP contribution in [0.15, 0.2) is 12.4 Å². The van der Waals surface area contributed by atoms with Crippen molar-refractivity contribution < 1.29 is 22.7 Å². The van der Waals surface area contributed by atoms with Crippen LogP contribution >= 0.6 is 0 Å². The van der Waals surface area contributed by atoms with Crippen LogP contribution in [0.4, 0.5) is 13.2 Å². The van der Waals surface area contributed by atoms with E-state index in [2.05, 4.69) is 9.72 Å². The zero-order valence-electron chi connectivity index (χ0n) is 8.71. The van der Waals surface area contributed by atoms with E-state index >= 15 is 0 Å². The zero-order valence-corrected chi connectivity index (χ0v) is 8.71. The number of ether oxygens (including phenoxy) is 1. The molecule has 0 amide bonds. The lowest BCUT2D eigenvalue weighted by Crippen LogP contribution is -2.15. The van der Waals surface area contributed by atoms with E-state index in [-0.39, 0.29) is 5.56 Å². The Labute approximate surface area is 94.6 Å². The second-order valence-corrected chi connectivity index (χ2v) is 3.08. The predicted molar refractivity (Wildman–Crippen MR) is 49.7 cm³/mol. The first-order valence-electron chi connectivity index (χ1n) is 4.41. The topological polar surface area (TPSA) is 63.0 Å². The lowest BCUT2D eigenvalue weighted by molar-refractivity contribution is -0.141. The van der Waals surface area contributed by atoms with Gasteiger partial charge < -0.3 is 4.74 Å². The summed E-state index contributed by atoms with van der Waals surface area (Å²) in [5.74, 6) is -0.849. The molecule has 0 radical (unpaired) electrons. The molecular formula is C10H7F3N2O2. The van der Waals surface area contributed by atoms with Gasteiger partial charge in [0.15, 0.2) is 0 Å². The second kappa shape index (κ2) is 4.82. The minimum Gasteiger partial charge on any atom is -0.469 e. The number of alkyl halides is 3. The molecule has 0 aliphatic carbocycles. The number of pyridine rings is 1. The molecule has 1 aromatic rings. The van der Waals surface area contributed by atoms with Crippen LogP contribution in [-0.2, 0) is 22.1 Å². The first-order valence-corrected chi connectivity index (χ1v) is 4.41. The molecule has 4 nitrogen and oxygen atoms in total. The summed E-state index contributed by atoms with van der Waals surface area (Å²) in [5, 5.41) is 8.68. The van der Waals surface area contributed by atoms with Gasteiger partial charge in [0.05, 0.1) is 24.7 Å². The number of methoxy groups -OCH3 is 1.